The van der Waals surface area contributed by atoms with Gasteiger partial charge in [0.05, 0.1) is 30.0 Å². The number of likely N-dealkylation sites (N-methyl/N-ethyl adjacent to an activating group) is 1. The number of benzene rings is 2. The topological polar surface area (TPSA) is 155 Å². The van der Waals surface area contributed by atoms with Crippen LogP contribution in [-0.2, 0) is 52.8 Å². The summed E-state index contributed by atoms with van der Waals surface area (Å²) in [7, 11) is 3.30. The fraction of sp³-hybridized carbons (Fsp3) is 0.500. The summed E-state index contributed by atoms with van der Waals surface area (Å²) in [5.74, 6) is 2.49. The normalized spacial score (nSPS) is 20.8. The minimum atomic E-state index is -1.05. The van der Waals surface area contributed by atoms with Crippen molar-refractivity contribution >= 4 is 40.5 Å². The number of nitrogens with one attached hydrogen (secondary N) is 2. The zero-order valence-corrected chi connectivity index (χ0v) is 39.9. The Bertz CT molecular complexity index is 2550. The average Bonchev–Trinajstić information content (AvgIpc) is 3.92. The summed E-state index contributed by atoms with van der Waals surface area (Å²) in [6.07, 6.45) is 3.75. The predicted octanol–water partition coefficient (Wildman–Crippen LogP) is 6.10. The largest absolute Gasteiger partial charge is 0.464 e. The highest BCUT2D eigenvalue weighted by molar-refractivity contribution is 5.97. The molecule has 3 aliphatic heterocycles. The Hall–Kier alpha value is -6.04. The minimum absolute atomic E-state index is 0.135. The summed E-state index contributed by atoms with van der Waals surface area (Å²) >= 11 is 0. The number of hydrazine groups is 1. The van der Waals surface area contributed by atoms with Crippen LogP contribution in [0.5, 0.6) is 0 Å². The maximum Gasteiger partial charge on any atom is 0.324 e. The van der Waals surface area contributed by atoms with Gasteiger partial charge in [0.15, 0.2) is 0 Å². The molecule has 2 aromatic carbocycles. The van der Waals surface area contributed by atoms with Crippen molar-refractivity contribution in [3.63, 3.8) is 0 Å². The van der Waals surface area contributed by atoms with Crippen molar-refractivity contribution in [2.45, 2.75) is 111 Å². The number of amides is 4. The van der Waals surface area contributed by atoms with Crippen molar-refractivity contribution in [3.05, 3.63) is 77.6 Å². The van der Waals surface area contributed by atoms with E-state index in [0.29, 0.717) is 45.3 Å². The molecule has 2 N–H and O–H groups in total. The van der Waals surface area contributed by atoms with Crippen molar-refractivity contribution in [3.8, 4) is 34.2 Å². The van der Waals surface area contributed by atoms with Gasteiger partial charge in [-0.2, -0.15) is 0 Å². The molecule has 66 heavy (non-hydrogen) atoms. The molecular formula is C52H65N7O7. The Balaban J connectivity index is 1.28. The van der Waals surface area contributed by atoms with E-state index < -0.39 is 47.2 Å². The maximum absolute atomic E-state index is 14.7. The number of hydrogen-bond acceptors (Lipinski definition) is 9. The number of carbonyl (C=O) groups is 5. The molecule has 14 heteroatoms. The molecule has 5 atom stereocenters. The van der Waals surface area contributed by atoms with Gasteiger partial charge in [0, 0.05) is 74.8 Å². The second kappa shape index (κ2) is 20.2. The SMILES string of the molecule is CC#CC(=O)N1CC[C@H](C(=O)N(C)[C@H](C(=O)N[C@H]2Cc3cccc(c3)-c3ccc4c(c3)c(c(-c3cccnc3[C@H](C)OC)n4CC)CC(C)(C)COC(=O)[C@@H]3CCCN(N3)C2=O)C(C)C)C1. The Labute approximate surface area is 388 Å². The zero-order valence-electron chi connectivity index (χ0n) is 39.9. The van der Waals surface area contributed by atoms with E-state index in [4.69, 9.17) is 14.5 Å². The number of aromatic nitrogens is 2. The van der Waals surface area contributed by atoms with Gasteiger partial charge in [0.25, 0.3) is 11.8 Å². The first-order valence-corrected chi connectivity index (χ1v) is 23.3. The summed E-state index contributed by atoms with van der Waals surface area (Å²) in [5.41, 5.74) is 10.5. The van der Waals surface area contributed by atoms with E-state index in [1.807, 2.05) is 39.0 Å². The van der Waals surface area contributed by atoms with E-state index in [-0.39, 0.29) is 43.4 Å². The molecule has 2 fully saturated rings. The third kappa shape index (κ3) is 10.0. The number of nitrogens with zero attached hydrogens (tertiary/aromatic N) is 5. The van der Waals surface area contributed by atoms with Crippen LogP contribution in [-0.4, -0.2) is 112 Å². The lowest BCUT2D eigenvalue weighted by Crippen LogP contribution is -2.62. The molecule has 0 radical (unpaired) electrons. The molecule has 2 aromatic heterocycles. The number of pyridine rings is 1. The lowest BCUT2D eigenvalue weighted by Gasteiger charge is -2.37. The second-order valence-corrected chi connectivity index (χ2v) is 19.1. The van der Waals surface area contributed by atoms with Crippen molar-refractivity contribution in [2.75, 3.05) is 40.4 Å². The highest BCUT2D eigenvalue weighted by Crippen LogP contribution is 2.42. The van der Waals surface area contributed by atoms with Crippen molar-refractivity contribution in [2.24, 2.45) is 17.3 Å². The number of rotatable bonds is 9. The summed E-state index contributed by atoms with van der Waals surface area (Å²) < 4.78 is 14.3. The molecule has 350 valence electrons. The Morgan fingerprint density at radius 1 is 1.05 bits per heavy atom. The summed E-state index contributed by atoms with van der Waals surface area (Å²) in [4.78, 5) is 77.4. The van der Waals surface area contributed by atoms with Gasteiger partial charge < -0.3 is 29.2 Å². The van der Waals surface area contributed by atoms with Crippen LogP contribution in [0.15, 0.2) is 60.8 Å². The smallest absolute Gasteiger partial charge is 0.324 e. The second-order valence-electron chi connectivity index (χ2n) is 19.1. The number of aryl methyl sites for hydroxylation is 1. The lowest BCUT2D eigenvalue weighted by atomic mass is 9.84. The maximum atomic E-state index is 14.7. The zero-order chi connectivity index (χ0) is 47.4. The van der Waals surface area contributed by atoms with Gasteiger partial charge >= 0.3 is 5.97 Å². The minimum Gasteiger partial charge on any atom is -0.464 e. The number of ether oxygens (including phenoxy) is 2. The van der Waals surface area contributed by atoms with Crippen LogP contribution in [0.1, 0.15) is 90.7 Å². The predicted molar refractivity (Wildman–Crippen MR) is 253 cm³/mol. The van der Waals surface area contributed by atoms with Gasteiger partial charge in [-0.3, -0.25) is 34.0 Å². The Kier molecular flexibility index (Phi) is 14.7. The van der Waals surface area contributed by atoms with Crippen LogP contribution < -0.4 is 10.7 Å². The first-order chi connectivity index (χ1) is 31.5. The molecule has 0 saturated carbocycles. The van der Waals surface area contributed by atoms with E-state index in [1.165, 1.54) is 9.91 Å². The molecule has 6 bridgehead atoms. The monoisotopic (exact) mass is 899 g/mol. The molecule has 3 aliphatic rings. The molecular weight excluding hydrogens is 835 g/mol. The average molecular weight is 900 g/mol. The van der Waals surface area contributed by atoms with Gasteiger partial charge in [-0.05, 0) is 105 Å². The van der Waals surface area contributed by atoms with E-state index in [1.54, 1.807) is 32.2 Å². The standard InChI is InChI=1S/C52H65N7O7/c1-10-15-44(60)57-25-22-37(30-57)49(62)56(8)46(32(3)4)48(61)54-42-27-34-16-12-17-35(26-34)36-20-21-43-39(28-36)40(47(58(43)11-2)38-18-13-23-53-45(38)33(5)65-9)29-52(6,7)31-66-51(64)41-19-14-24-59(55-41)50(42)63/h12-13,16-18,20-21,23,26,28,32-33,37,41-42,46,55H,11,14,19,22,24-25,27,29-31H2,1-9H3,(H,54,61)/t33-,37-,41-,42-,46-/m0/s1. The number of fused-ring (bicyclic) bond motifs is 6. The molecule has 14 nitrogen and oxygen atoms in total. The molecule has 7 rings (SSSR count). The summed E-state index contributed by atoms with van der Waals surface area (Å²) in [6.45, 7) is 15.5. The lowest BCUT2D eigenvalue weighted by molar-refractivity contribution is -0.155. The van der Waals surface area contributed by atoms with E-state index in [9.17, 15) is 24.0 Å². The van der Waals surface area contributed by atoms with E-state index in [2.05, 4.69) is 84.3 Å². The first-order valence-electron chi connectivity index (χ1n) is 23.3. The van der Waals surface area contributed by atoms with Gasteiger partial charge in [-0.1, -0.05) is 63.9 Å². The number of hydrogen-bond donors (Lipinski definition) is 2. The number of methoxy groups -OCH3 is 1. The van der Waals surface area contributed by atoms with Crippen LogP contribution in [0, 0.1) is 29.1 Å². The van der Waals surface area contributed by atoms with Gasteiger partial charge in [-0.15, -0.1) is 0 Å². The fourth-order valence-corrected chi connectivity index (χ4v) is 9.93. The van der Waals surface area contributed by atoms with E-state index >= 15 is 0 Å². The third-order valence-corrected chi connectivity index (χ3v) is 13.4. The van der Waals surface area contributed by atoms with Crippen molar-refractivity contribution in [1.82, 2.24) is 35.1 Å². The number of carbonyl (C=O) groups excluding carboxylic acids is 5. The van der Waals surface area contributed by atoms with Gasteiger partial charge in [-0.25, -0.2) is 5.43 Å². The van der Waals surface area contributed by atoms with E-state index in [0.717, 1.165) is 50.1 Å². The summed E-state index contributed by atoms with van der Waals surface area (Å²) in [5, 5.41) is 5.57. The van der Waals surface area contributed by atoms with Crippen molar-refractivity contribution < 1.29 is 33.4 Å². The number of likely N-dealkylation sites (tertiary alicyclic amines) is 1. The molecule has 0 spiro atoms. The Morgan fingerprint density at radius 2 is 1.82 bits per heavy atom. The van der Waals surface area contributed by atoms with Crippen LogP contribution in [0.2, 0.25) is 0 Å². The van der Waals surface area contributed by atoms with Crippen LogP contribution in [0.25, 0.3) is 33.3 Å². The highest BCUT2D eigenvalue weighted by Gasteiger charge is 2.40. The highest BCUT2D eigenvalue weighted by atomic mass is 16.5. The molecule has 4 aromatic rings. The van der Waals surface area contributed by atoms with Crippen LogP contribution in [0.3, 0.4) is 0 Å². The molecule has 0 unspecified atom stereocenters. The van der Waals surface area contributed by atoms with Gasteiger partial charge in [0.1, 0.15) is 18.1 Å². The molecule has 2 saturated heterocycles. The number of esters is 1. The molecule has 4 amide bonds. The van der Waals surface area contributed by atoms with Crippen molar-refractivity contribution in [1.29, 1.82) is 0 Å². The first kappa shape index (κ1) is 47.9. The molecule has 0 aliphatic carbocycles. The van der Waals surface area contributed by atoms with Gasteiger partial charge in [0.2, 0.25) is 11.8 Å². The van der Waals surface area contributed by atoms with Crippen LogP contribution >= 0.6 is 0 Å². The quantitative estimate of drug-likeness (QED) is 0.150. The Morgan fingerprint density at radius 3 is 2.55 bits per heavy atom. The fourth-order valence-electron chi connectivity index (χ4n) is 9.93. The third-order valence-electron chi connectivity index (χ3n) is 13.4. The summed E-state index contributed by atoms with van der Waals surface area (Å²) in [6, 6.07) is 15.8. The van der Waals surface area contributed by atoms with Crippen LogP contribution in [0.4, 0.5) is 0 Å². The number of cyclic esters (lactones) is 1. The molecule has 5 heterocycles.